The molecule has 0 aromatic heterocycles. The van der Waals surface area contributed by atoms with Crippen molar-refractivity contribution in [3.63, 3.8) is 0 Å². The Kier molecular flexibility index (Phi) is 4.02. The molecule has 0 aliphatic heterocycles. The third-order valence-corrected chi connectivity index (χ3v) is 2.94. The van der Waals surface area contributed by atoms with E-state index in [0.717, 1.165) is 5.92 Å². The molecule has 0 spiro atoms. The Bertz CT molecular complexity index is 119. The molecule has 1 fully saturated rings. The summed E-state index contributed by atoms with van der Waals surface area (Å²) in [5.74, 6) is 1.30. The fraction of sp³-hybridized carbons (Fsp3) is 1.00. The summed E-state index contributed by atoms with van der Waals surface area (Å²) in [6, 6.07) is 0.450. The molecule has 1 saturated carbocycles. The topological polar surface area (TPSA) is 46.2 Å². The van der Waals surface area contributed by atoms with Crippen molar-refractivity contribution >= 4 is 0 Å². The number of aliphatic hydroxyl groups excluding tert-OH is 1. The Labute approximate surface area is 75.2 Å². The Balaban J connectivity index is 2.17. The minimum Gasteiger partial charge on any atom is -0.396 e. The standard InChI is InChI=1S/C10H21NO/c1-8(7-12)6-9-2-4-10(11)5-3-9/h8-10,12H,2-7,11H2,1H3/t8-,9?,10?/m1/s1. The van der Waals surface area contributed by atoms with E-state index in [1.807, 2.05) is 0 Å². The lowest BCUT2D eigenvalue weighted by molar-refractivity contribution is 0.193. The van der Waals surface area contributed by atoms with Gasteiger partial charge in [-0.25, -0.2) is 0 Å². The molecule has 0 aromatic carbocycles. The first-order valence-corrected chi connectivity index (χ1v) is 5.08. The van der Waals surface area contributed by atoms with Crippen LogP contribution in [-0.4, -0.2) is 17.8 Å². The van der Waals surface area contributed by atoms with Crippen LogP contribution in [-0.2, 0) is 0 Å². The van der Waals surface area contributed by atoms with Crippen molar-refractivity contribution in [2.75, 3.05) is 6.61 Å². The molecule has 72 valence electrons. The van der Waals surface area contributed by atoms with Crippen LogP contribution in [0.4, 0.5) is 0 Å². The molecule has 0 amide bonds. The van der Waals surface area contributed by atoms with Gasteiger partial charge in [0.1, 0.15) is 0 Å². The van der Waals surface area contributed by atoms with Crippen LogP contribution in [0.15, 0.2) is 0 Å². The highest BCUT2D eigenvalue weighted by Gasteiger charge is 2.19. The summed E-state index contributed by atoms with van der Waals surface area (Å²) >= 11 is 0. The molecule has 0 saturated heterocycles. The lowest BCUT2D eigenvalue weighted by atomic mass is 9.81. The molecule has 0 unspecified atom stereocenters. The van der Waals surface area contributed by atoms with Gasteiger partial charge in [0.05, 0.1) is 0 Å². The number of aliphatic hydroxyl groups is 1. The third-order valence-electron chi connectivity index (χ3n) is 2.94. The van der Waals surface area contributed by atoms with Crippen LogP contribution in [0.1, 0.15) is 39.0 Å². The summed E-state index contributed by atoms with van der Waals surface area (Å²) < 4.78 is 0. The average Bonchev–Trinajstić information content (AvgIpc) is 2.09. The van der Waals surface area contributed by atoms with E-state index < -0.39 is 0 Å². The number of hydrogen-bond acceptors (Lipinski definition) is 2. The average molecular weight is 171 g/mol. The van der Waals surface area contributed by atoms with Crippen LogP contribution < -0.4 is 5.73 Å². The van der Waals surface area contributed by atoms with Crippen molar-refractivity contribution in [3.8, 4) is 0 Å². The van der Waals surface area contributed by atoms with Crippen LogP contribution in [0.5, 0.6) is 0 Å². The lowest BCUT2D eigenvalue weighted by Crippen LogP contribution is -2.27. The Morgan fingerprint density at radius 3 is 2.42 bits per heavy atom. The first kappa shape index (κ1) is 10.0. The van der Waals surface area contributed by atoms with Crippen molar-refractivity contribution in [1.82, 2.24) is 0 Å². The van der Waals surface area contributed by atoms with Gasteiger partial charge in [-0.3, -0.25) is 0 Å². The van der Waals surface area contributed by atoms with Gasteiger partial charge in [-0.2, -0.15) is 0 Å². The molecular formula is C10H21NO. The normalized spacial score (nSPS) is 33.2. The van der Waals surface area contributed by atoms with Crippen LogP contribution in [0.3, 0.4) is 0 Å². The van der Waals surface area contributed by atoms with Crippen LogP contribution in [0.25, 0.3) is 0 Å². The molecule has 0 radical (unpaired) electrons. The van der Waals surface area contributed by atoms with Crippen LogP contribution >= 0.6 is 0 Å². The van der Waals surface area contributed by atoms with Crippen molar-refractivity contribution in [1.29, 1.82) is 0 Å². The molecule has 0 bridgehead atoms. The minimum atomic E-state index is 0.336. The highest BCUT2D eigenvalue weighted by Crippen LogP contribution is 2.28. The van der Waals surface area contributed by atoms with E-state index in [4.69, 9.17) is 10.8 Å². The highest BCUT2D eigenvalue weighted by molar-refractivity contribution is 4.75. The van der Waals surface area contributed by atoms with Crippen LogP contribution in [0.2, 0.25) is 0 Å². The Morgan fingerprint density at radius 2 is 1.92 bits per heavy atom. The Morgan fingerprint density at radius 1 is 1.33 bits per heavy atom. The zero-order chi connectivity index (χ0) is 8.97. The summed E-state index contributed by atoms with van der Waals surface area (Å²) in [5.41, 5.74) is 5.81. The fourth-order valence-corrected chi connectivity index (χ4v) is 2.07. The maximum absolute atomic E-state index is 8.89. The SMILES string of the molecule is C[C@@H](CO)CC1CCC(N)CC1. The molecular weight excluding hydrogens is 150 g/mol. The molecule has 0 heterocycles. The lowest BCUT2D eigenvalue weighted by Gasteiger charge is -2.27. The Hall–Kier alpha value is -0.0800. The van der Waals surface area contributed by atoms with Gasteiger partial charge < -0.3 is 10.8 Å². The van der Waals surface area contributed by atoms with Gasteiger partial charge in [0.2, 0.25) is 0 Å². The second kappa shape index (κ2) is 4.83. The second-order valence-electron chi connectivity index (χ2n) is 4.30. The van der Waals surface area contributed by atoms with Gasteiger partial charge in [-0.1, -0.05) is 6.92 Å². The zero-order valence-corrected chi connectivity index (χ0v) is 8.00. The largest absolute Gasteiger partial charge is 0.396 e. The molecule has 1 aliphatic rings. The number of rotatable bonds is 3. The van der Waals surface area contributed by atoms with Gasteiger partial charge in [0.15, 0.2) is 0 Å². The van der Waals surface area contributed by atoms with E-state index >= 15 is 0 Å². The van der Waals surface area contributed by atoms with Crippen molar-refractivity contribution in [3.05, 3.63) is 0 Å². The summed E-state index contributed by atoms with van der Waals surface area (Å²) in [7, 11) is 0. The zero-order valence-electron chi connectivity index (χ0n) is 8.00. The van der Waals surface area contributed by atoms with E-state index in [1.54, 1.807) is 0 Å². The molecule has 1 atom stereocenters. The molecule has 1 aliphatic carbocycles. The van der Waals surface area contributed by atoms with E-state index in [2.05, 4.69) is 6.92 Å². The highest BCUT2D eigenvalue weighted by atomic mass is 16.3. The number of nitrogens with two attached hydrogens (primary N) is 1. The van der Waals surface area contributed by atoms with Crippen molar-refractivity contribution in [2.24, 2.45) is 17.6 Å². The fourth-order valence-electron chi connectivity index (χ4n) is 2.07. The molecule has 1 rings (SSSR count). The predicted molar refractivity (Wildman–Crippen MR) is 50.8 cm³/mol. The molecule has 2 nitrogen and oxygen atoms in total. The van der Waals surface area contributed by atoms with E-state index in [1.165, 1.54) is 32.1 Å². The minimum absolute atomic E-state index is 0.336. The molecule has 3 N–H and O–H groups in total. The summed E-state index contributed by atoms with van der Waals surface area (Å²) in [6.07, 6.45) is 6.09. The number of hydrogen-bond donors (Lipinski definition) is 2. The van der Waals surface area contributed by atoms with Crippen LogP contribution in [0, 0.1) is 11.8 Å². The third kappa shape index (κ3) is 3.11. The summed E-state index contributed by atoms with van der Waals surface area (Å²) in [5, 5.41) is 8.89. The van der Waals surface area contributed by atoms with E-state index in [-0.39, 0.29) is 0 Å². The molecule has 2 heteroatoms. The first-order valence-electron chi connectivity index (χ1n) is 5.08. The van der Waals surface area contributed by atoms with Gasteiger partial charge in [0.25, 0.3) is 0 Å². The van der Waals surface area contributed by atoms with E-state index in [9.17, 15) is 0 Å². The van der Waals surface area contributed by atoms with Gasteiger partial charge in [-0.15, -0.1) is 0 Å². The van der Waals surface area contributed by atoms with Gasteiger partial charge in [-0.05, 0) is 43.9 Å². The monoisotopic (exact) mass is 171 g/mol. The molecule has 12 heavy (non-hydrogen) atoms. The maximum Gasteiger partial charge on any atom is 0.0456 e. The van der Waals surface area contributed by atoms with Crippen molar-refractivity contribution < 1.29 is 5.11 Å². The smallest absolute Gasteiger partial charge is 0.0456 e. The van der Waals surface area contributed by atoms with Gasteiger partial charge in [0, 0.05) is 12.6 Å². The quantitative estimate of drug-likeness (QED) is 0.676. The van der Waals surface area contributed by atoms with Gasteiger partial charge >= 0.3 is 0 Å². The summed E-state index contributed by atoms with van der Waals surface area (Å²) in [4.78, 5) is 0. The predicted octanol–water partition coefficient (Wildman–Crippen LogP) is 1.52. The molecule has 0 aromatic rings. The van der Waals surface area contributed by atoms with Crippen molar-refractivity contribution in [2.45, 2.75) is 45.1 Å². The second-order valence-corrected chi connectivity index (χ2v) is 4.30. The first-order chi connectivity index (χ1) is 5.72. The maximum atomic E-state index is 8.89. The van der Waals surface area contributed by atoms with E-state index in [0.29, 0.717) is 18.6 Å². The summed E-state index contributed by atoms with van der Waals surface area (Å²) in [6.45, 7) is 2.46.